The van der Waals surface area contributed by atoms with Crippen LogP contribution in [-0.2, 0) is 17.4 Å². The molecule has 2 aromatic carbocycles. The fourth-order valence-electron chi connectivity index (χ4n) is 3.09. The SMILES string of the molecule is CCN(CC)c1ccc(C=NNC(=O)Cc2csc(Nc3cccc(C(F)(F)F)c3)n2)cc1. The van der Waals surface area contributed by atoms with Crippen molar-refractivity contribution in [2.75, 3.05) is 23.3 Å². The van der Waals surface area contributed by atoms with Crippen molar-refractivity contribution in [1.82, 2.24) is 10.4 Å². The van der Waals surface area contributed by atoms with Crippen LogP contribution in [0.2, 0.25) is 0 Å². The van der Waals surface area contributed by atoms with Crippen LogP contribution >= 0.6 is 11.3 Å². The van der Waals surface area contributed by atoms with Gasteiger partial charge in [0, 0.05) is 29.8 Å². The molecule has 1 amide bonds. The topological polar surface area (TPSA) is 69.6 Å². The standard InChI is InChI=1S/C23H24F3N5OS/c1-3-31(4-2)20-10-8-16(9-11-20)14-27-30-21(32)13-19-15-33-22(29-19)28-18-7-5-6-17(12-18)23(24,25)26/h5-12,14-15H,3-4,13H2,1-2H3,(H,28,29)(H,30,32). The summed E-state index contributed by atoms with van der Waals surface area (Å²) < 4.78 is 38.5. The number of anilines is 3. The maximum Gasteiger partial charge on any atom is 0.416 e. The first-order valence-corrected chi connectivity index (χ1v) is 11.2. The van der Waals surface area contributed by atoms with Gasteiger partial charge in [-0.3, -0.25) is 4.79 Å². The van der Waals surface area contributed by atoms with Crippen molar-refractivity contribution >= 4 is 40.0 Å². The molecule has 0 atom stereocenters. The minimum absolute atomic E-state index is 0.000984. The summed E-state index contributed by atoms with van der Waals surface area (Å²) in [5, 5.41) is 8.88. The van der Waals surface area contributed by atoms with Crippen LogP contribution < -0.4 is 15.6 Å². The van der Waals surface area contributed by atoms with Crippen LogP contribution in [0.3, 0.4) is 0 Å². The predicted molar refractivity (Wildman–Crippen MR) is 126 cm³/mol. The summed E-state index contributed by atoms with van der Waals surface area (Å²) in [4.78, 5) is 18.6. The van der Waals surface area contributed by atoms with E-state index in [1.807, 2.05) is 24.3 Å². The molecule has 0 aliphatic heterocycles. The quantitative estimate of drug-likeness (QED) is 0.319. The number of benzene rings is 2. The van der Waals surface area contributed by atoms with E-state index in [1.165, 1.54) is 23.5 Å². The molecule has 0 aliphatic rings. The molecular weight excluding hydrogens is 451 g/mol. The van der Waals surface area contributed by atoms with Gasteiger partial charge in [-0.05, 0) is 49.7 Å². The van der Waals surface area contributed by atoms with Gasteiger partial charge < -0.3 is 10.2 Å². The molecule has 2 N–H and O–H groups in total. The Hall–Kier alpha value is -3.40. The number of nitrogens with zero attached hydrogens (tertiary/aromatic N) is 3. The van der Waals surface area contributed by atoms with E-state index in [0.29, 0.717) is 10.8 Å². The highest BCUT2D eigenvalue weighted by Gasteiger charge is 2.30. The lowest BCUT2D eigenvalue weighted by Crippen LogP contribution is -2.21. The Morgan fingerprint density at radius 1 is 1.15 bits per heavy atom. The third-order valence-corrected chi connectivity index (χ3v) is 5.57. The molecule has 0 unspecified atom stereocenters. The lowest BCUT2D eigenvalue weighted by molar-refractivity contribution is -0.137. The number of nitrogens with one attached hydrogen (secondary N) is 2. The highest BCUT2D eigenvalue weighted by atomic mass is 32.1. The number of rotatable bonds is 9. The van der Waals surface area contributed by atoms with E-state index in [-0.39, 0.29) is 18.0 Å². The Balaban J connectivity index is 1.52. The van der Waals surface area contributed by atoms with E-state index in [2.05, 4.69) is 39.6 Å². The number of aromatic nitrogens is 1. The maximum atomic E-state index is 12.8. The number of halogens is 3. The number of hydrazone groups is 1. The van der Waals surface area contributed by atoms with Gasteiger partial charge in [-0.25, -0.2) is 10.4 Å². The van der Waals surface area contributed by atoms with Crippen LogP contribution in [-0.4, -0.2) is 30.2 Å². The fourth-order valence-corrected chi connectivity index (χ4v) is 3.82. The van der Waals surface area contributed by atoms with Crippen LogP contribution in [0.25, 0.3) is 0 Å². The summed E-state index contributed by atoms with van der Waals surface area (Å²) in [6.07, 6.45) is -2.86. The maximum absolute atomic E-state index is 12.8. The smallest absolute Gasteiger partial charge is 0.372 e. The van der Waals surface area contributed by atoms with Gasteiger partial charge in [0.25, 0.3) is 0 Å². The number of alkyl halides is 3. The summed E-state index contributed by atoms with van der Waals surface area (Å²) in [6.45, 7) is 6.05. The average Bonchev–Trinajstić information content (AvgIpc) is 3.21. The first-order chi connectivity index (χ1) is 15.8. The van der Waals surface area contributed by atoms with Gasteiger partial charge in [0.05, 0.1) is 23.9 Å². The summed E-state index contributed by atoms with van der Waals surface area (Å²) in [6, 6.07) is 12.7. The normalized spacial score (nSPS) is 11.5. The molecule has 1 heterocycles. The zero-order valence-electron chi connectivity index (χ0n) is 18.2. The molecule has 0 aliphatic carbocycles. The van der Waals surface area contributed by atoms with Gasteiger partial charge in [0.1, 0.15) is 0 Å². The van der Waals surface area contributed by atoms with Crippen LogP contribution in [0.1, 0.15) is 30.7 Å². The van der Waals surface area contributed by atoms with E-state index >= 15 is 0 Å². The third-order valence-electron chi connectivity index (χ3n) is 4.76. The molecule has 10 heteroatoms. The third kappa shape index (κ3) is 7.04. The van der Waals surface area contributed by atoms with Gasteiger partial charge in [-0.1, -0.05) is 18.2 Å². The van der Waals surface area contributed by atoms with Crippen LogP contribution in [0.15, 0.2) is 59.0 Å². The van der Waals surface area contributed by atoms with E-state index in [0.717, 1.165) is 36.5 Å². The summed E-state index contributed by atoms with van der Waals surface area (Å²) in [7, 11) is 0. The lowest BCUT2D eigenvalue weighted by Gasteiger charge is -2.20. The molecule has 0 spiro atoms. The van der Waals surface area contributed by atoms with Gasteiger partial charge in [0.2, 0.25) is 5.91 Å². The molecule has 6 nitrogen and oxygen atoms in total. The summed E-state index contributed by atoms with van der Waals surface area (Å²) in [5.74, 6) is -0.345. The van der Waals surface area contributed by atoms with Gasteiger partial charge in [-0.15, -0.1) is 11.3 Å². The summed E-state index contributed by atoms with van der Waals surface area (Å²) >= 11 is 1.20. The minimum Gasteiger partial charge on any atom is -0.372 e. The van der Waals surface area contributed by atoms with E-state index in [1.54, 1.807) is 11.6 Å². The molecule has 0 saturated carbocycles. The fraction of sp³-hybridized carbons (Fsp3) is 0.261. The van der Waals surface area contributed by atoms with Crippen molar-refractivity contribution in [2.24, 2.45) is 5.10 Å². The summed E-state index contributed by atoms with van der Waals surface area (Å²) in [5.41, 5.74) is 4.46. The van der Waals surface area contributed by atoms with E-state index in [9.17, 15) is 18.0 Å². The minimum atomic E-state index is -4.42. The molecule has 33 heavy (non-hydrogen) atoms. The van der Waals surface area contributed by atoms with Crippen molar-refractivity contribution in [1.29, 1.82) is 0 Å². The Morgan fingerprint density at radius 3 is 2.55 bits per heavy atom. The average molecular weight is 476 g/mol. The molecule has 0 radical (unpaired) electrons. The van der Waals surface area contributed by atoms with Crippen molar-refractivity contribution < 1.29 is 18.0 Å². The molecule has 3 aromatic rings. The van der Waals surface area contributed by atoms with E-state index in [4.69, 9.17) is 0 Å². The molecule has 0 bridgehead atoms. The van der Waals surface area contributed by atoms with Gasteiger partial charge >= 0.3 is 6.18 Å². The first kappa shape index (κ1) is 24.2. The molecular formula is C23H24F3N5OS. The monoisotopic (exact) mass is 475 g/mol. The van der Waals surface area contributed by atoms with E-state index < -0.39 is 11.7 Å². The molecule has 1 aromatic heterocycles. The van der Waals surface area contributed by atoms with Gasteiger partial charge in [0.15, 0.2) is 5.13 Å². The molecule has 0 saturated heterocycles. The van der Waals surface area contributed by atoms with Crippen LogP contribution in [0, 0.1) is 0 Å². The second-order valence-electron chi connectivity index (χ2n) is 7.08. The van der Waals surface area contributed by atoms with Crippen LogP contribution in [0.5, 0.6) is 0 Å². The highest BCUT2D eigenvalue weighted by molar-refractivity contribution is 7.13. The Bertz CT molecular complexity index is 1090. The van der Waals surface area contributed by atoms with Crippen LogP contribution in [0.4, 0.5) is 29.7 Å². The van der Waals surface area contributed by atoms with Crippen molar-refractivity contribution in [3.8, 4) is 0 Å². The second kappa shape index (κ2) is 11.0. The second-order valence-corrected chi connectivity index (χ2v) is 7.94. The number of carbonyl (C=O) groups excluding carboxylic acids is 1. The lowest BCUT2D eigenvalue weighted by atomic mass is 10.2. The Labute approximate surface area is 194 Å². The molecule has 174 valence electrons. The number of hydrogen-bond acceptors (Lipinski definition) is 6. The largest absolute Gasteiger partial charge is 0.416 e. The number of hydrogen-bond donors (Lipinski definition) is 2. The number of carbonyl (C=O) groups is 1. The zero-order valence-corrected chi connectivity index (χ0v) is 19.0. The Morgan fingerprint density at radius 2 is 1.88 bits per heavy atom. The molecule has 0 fully saturated rings. The molecule has 3 rings (SSSR count). The first-order valence-electron chi connectivity index (χ1n) is 10.3. The Kier molecular flexibility index (Phi) is 8.05. The van der Waals surface area contributed by atoms with Gasteiger partial charge in [-0.2, -0.15) is 18.3 Å². The number of amides is 1. The van der Waals surface area contributed by atoms with Crippen molar-refractivity contribution in [3.63, 3.8) is 0 Å². The predicted octanol–water partition coefficient (Wildman–Crippen LogP) is 5.44. The highest BCUT2D eigenvalue weighted by Crippen LogP contribution is 2.31. The zero-order chi connectivity index (χ0) is 23.8. The number of thiazole rings is 1. The van der Waals surface area contributed by atoms with Crippen molar-refractivity contribution in [3.05, 3.63) is 70.7 Å². The van der Waals surface area contributed by atoms with Crippen molar-refractivity contribution in [2.45, 2.75) is 26.4 Å².